The number of carbonyl (C=O) groups is 2. The van der Waals surface area contributed by atoms with Crippen molar-refractivity contribution < 1.29 is 37.1 Å². The van der Waals surface area contributed by atoms with Gasteiger partial charge < -0.3 is 29.4 Å². The number of nitrogens with one attached hydrogen (secondary N) is 3. The van der Waals surface area contributed by atoms with Gasteiger partial charge in [-0.2, -0.15) is 4.98 Å². The van der Waals surface area contributed by atoms with Crippen molar-refractivity contribution in [1.82, 2.24) is 19.6 Å². The maximum absolute atomic E-state index is 14.6. The van der Waals surface area contributed by atoms with E-state index in [0.717, 1.165) is 45.0 Å². The number of aromatic amines is 1. The van der Waals surface area contributed by atoms with E-state index in [-0.39, 0.29) is 46.6 Å². The number of nitro benzene ring substituents is 1. The zero-order valence-corrected chi connectivity index (χ0v) is 39.3. The van der Waals surface area contributed by atoms with Crippen LogP contribution in [0.15, 0.2) is 89.5 Å². The predicted octanol–water partition coefficient (Wildman–Crippen LogP) is 7.69. The lowest BCUT2D eigenvalue weighted by molar-refractivity contribution is -0.384. The Hall–Kier alpha value is -6.05. The SMILES string of the molecule is CC1(C)CCC(CN2CCN(c3ccc(C(=O)NS(=O)(=O)c4ccc(NCC5COCCO5)c([N+](=O)[O-])c4)c(N4C(=O)C(C)(C)Oc5nc6[nH]ccc6cc54)c3)CC2)=C(c2ccc(Cl)cc2)C1. The van der Waals surface area contributed by atoms with E-state index < -0.39 is 42.9 Å². The molecule has 0 bridgehead atoms. The second-order valence-electron chi connectivity index (χ2n) is 18.7. The van der Waals surface area contributed by atoms with Crippen LogP contribution in [0.5, 0.6) is 5.88 Å². The highest BCUT2D eigenvalue weighted by Gasteiger charge is 2.44. The lowest BCUT2D eigenvalue weighted by Crippen LogP contribution is -2.51. The van der Waals surface area contributed by atoms with E-state index in [1.54, 1.807) is 44.3 Å². The summed E-state index contributed by atoms with van der Waals surface area (Å²) < 4.78 is 47.2. The van der Waals surface area contributed by atoms with Gasteiger partial charge in [0, 0.05) is 67.6 Å². The number of aromatic nitrogens is 2. The fraction of sp³-hybridized carbons (Fsp3) is 0.396. The summed E-state index contributed by atoms with van der Waals surface area (Å²) in [5.74, 6) is -1.43. The third-order valence-corrected chi connectivity index (χ3v) is 14.5. The van der Waals surface area contributed by atoms with Crippen molar-refractivity contribution >= 4 is 78.5 Å². The number of hydrogen-bond donors (Lipinski definition) is 3. The molecule has 9 rings (SSSR count). The molecule has 1 aliphatic carbocycles. The molecule has 352 valence electrons. The Kier molecular flexibility index (Phi) is 12.5. The summed E-state index contributed by atoms with van der Waals surface area (Å²) in [6.45, 7) is 12.8. The number of piperazine rings is 1. The predicted molar refractivity (Wildman–Crippen MR) is 256 cm³/mol. The zero-order chi connectivity index (χ0) is 47.3. The van der Waals surface area contributed by atoms with Crippen molar-refractivity contribution in [3.05, 3.63) is 111 Å². The van der Waals surface area contributed by atoms with Gasteiger partial charge in [0.1, 0.15) is 17.0 Å². The van der Waals surface area contributed by atoms with Gasteiger partial charge in [-0.05, 0) is 104 Å². The first kappa shape index (κ1) is 46.1. The molecule has 5 aromatic rings. The van der Waals surface area contributed by atoms with Crippen molar-refractivity contribution in [3.63, 3.8) is 0 Å². The minimum atomic E-state index is -4.71. The van der Waals surface area contributed by atoms with Gasteiger partial charge in [-0.1, -0.05) is 43.2 Å². The molecule has 3 aromatic carbocycles. The summed E-state index contributed by atoms with van der Waals surface area (Å²) in [6.07, 6.45) is 4.45. The number of amides is 2. The smallest absolute Gasteiger partial charge is 0.293 e. The van der Waals surface area contributed by atoms with Crippen molar-refractivity contribution in [1.29, 1.82) is 0 Å². The van der Waals surface area contributed by atoms with Crippen LogP contribution in [0.2, 0.25) is 5.02 Å². The number of carbonyl (C=O) groups excluding carboxylic acids is 2. The normalized spacial score (nSPS) is 19.8. The van der Waals surface area contributed by atoms with Gasteiger partial charge in [0.25, 0.3) is 27.5 Å². The summed E-state index contributed by atoms with van der Waals surface area (Å²) in [5.41, 5.74) is 3.79. The number of pyridine rings is 1. The fourth-order valence-corrected chi connectivity index (χ4v) is 10.3. The molecule has 2 fully saturated rings. The summed E-state index contributed by atoms with van der Waals surface area (Å²) >= 11 is 6.26. The Morgan fingerprint density at radius 1 is 0.985 bits per heavy atom. The molecule has 0 spiro atoms. The molecule has 67 heavy (non-hydrogen) atoms. The number of nitrogens with zero attached hydrogens (tertiary/aromatic N) is 5. The van der Waals surface area contributed by atoms with Gasteiger partial charge in [0.2, 0.25) is 5.88 Å². The summed E-state index contributed by atoms with van der Waals surface area (Å²) in [4.78, 5) is 53.7. The molecule has 19 heteroatoms. The number of hydrogen-bond acceptors (Lipinski definition) is 13. The number of sulfonamides is 1. The van der Waals surface area contributed by atoms with Crippen molar-refractivity contribution in [2.24, 2.45) is 5.41 Å². The van der Waals surface area contributed by atoms with Gasteiger partial charge in [-0.3, -0.25) is 29.5 Å². The molecule has 2 aromatic heterocycles. The van der Waals surface area contributed by atoms with Gasteiger partial charge in [-0.15, -0.1) is 0 Å². The molecule has 5 heterocycles. The van der Waals surface area contributed by atoms with E-state index in [0.29, 0.717) is 54.7 Å². The molecule has 1 atom stereocenters. The van der Waals surface area contributed by atoms with E-state index in [1.165, 1.54) is 39.8 Å². The average molecular weight is 954 g/mol. The number of anilines is 4. The van der Waals surface area contributed by atoms with Crippen LogP contribution >= 0.6 is 11.6 Å². The monoisotopic (exact) mass is 952 g/mol. The molecule has 0 radical (unpaired) electrons. The second kappa shape index (κ2) is 18.2. The van der Waals surface area contributed by atoms with Crippen molar-refractivity contribution in [2.45, 2.75) is 63.6 Å². The molecule has 1 unspecified atom stereocenters. The van der Waals surface area contributed by atoms with Gasteiger partial charge >= 0.3 is 0 Å². The van der Waals surface area contributed by atoms with Crippen LogP contribution in [-0.4, -0.2) is 111 Å². The lowest BCUT2D eigenvalue weighted by Gasteiger charge is -2.40. The Labute approximate surface area is 393 Å². The largest absolute Gasteiger partial charge is 0.460 e. The van der Waals surface area contributed by atoms with E-state index in [9.17, 15) is 28.1 Å². The third kappa shape index (κ3) is 9.72. The minimum Gasteiger partial charge on any atom is -0.460 e. The van der Waals surface area contributed by atoms with E-state index in [1.807, 2.05) is 12.1 Å². The van der Waals surface area contributed by atoms with E-state index in [4.69, 9.17) is 25.8 Å². The van der Waals surface area contributed by atoms with Gasteiger partial charge in [0.05, 0.1) is 47.0 Å². The van der Waals surface area contributed by atoms with Crippen LogP contribution in [0.25, 0.3) is 16.6 Å². The number of fused-ring (bicyclic) bond motifs is 2. The molecular formula is C48H53ClN8O9S. The first-order chi connectivity index (χ1) is 31.9. The Balaban J connectivity index is 1.02. The number of allylic oxidation sites excluding steroid dienone is 1. The molecule has 3 aliphatic heterocycles. The topological polar surface area (TPSA) is 202 Å². The molecule has 2 amide bonds. The number of benzene rings is 3. The molecule has 0 saturated carbocycles. The Morgan fingerprint density at radius 2 is 1.76 bits per heavy atom. The molecule has 4 aliphatic rings. The molecule has 3 N–H and O–H groups in total. The highest BCUT2D eigenvalue weighted by Crippen LogP contribution is 2.46. The highest BCUT2D eigenvalue weighted by atomic mass is 35.5. The maximum atomic E-state index is 14.6. The minimum absolute atomic E-state index is 0.0678. The van der Waals surface area contributed by atoms with E-state index >= 15 is 0 Å². The van der Waals surface area contributed by atoms with Crippen LogP contribution in [-0.2, 0) is 24.3 Å². The van der Waals surface area contributed by atoms with Crippen LogP contribution in [0.3, 0.4) is 0 Å². The zero-order valence-electron chi connectivity index (χ0n) is 37.8. The summed E-state index contributed by atoms with van der Waals surface area (Å²) in [7, 11) is -4.71. The van der Waals surface area contributed by atoms with E-state index in [2.05, 4.69) is 55.8 Å². The standard InChI is InChI=1S/C48H53ClN8O9S/c1-47(2)15-13-32(38(26-47)30-5-7-33(49)8-6-30)28-54-17-19-55(20-18-54)34-9-11-37(40(24-34)56-42-23-31-14-16-50-43(31)52-45(42)66-48(3,4)46(56)59)44(58)53-67(62,63)36-10-12-39(41(25-36)57(60)61)51-27-35-29-64-21-22-65-35/h5-12,14,16,23-25,35,51H,13,15,17-22,26-29H2,1-4H3,(H,50,52)(H,53,58). The summed E-state index contributed by atoms with van der Waals surface area (Å²) in [6, 6.07) is 19.9. The van der Waals surface area contributed by atoms with Crippen LogP contribution in [0.4, 0.5) is 28.4 Å². The van der Waals surface area contributed by atoms with Gasteiger partial charge in [-0.25, -0.2) is 13.1 Å². The Bertz CT molecular complexity index is 2890. The fourth-order valence-electron chi connectivity index (χ4n) is 9.18. The first-order valence-electron chi connectivity index (χ1n) is 22.3. The number of nitro groups is 1. The molecule has 17 nitrogen and oxygen atoms in total. The summed E-state index contributed by atoms with van der Waals surface area (Å²) in [5, 5.41) is 16.5. The number of H-pyrrole nitrogens is 1. The number of ether oxygens (including phenoxy) is 3. The molecule has 2 saturated heterocycles. The average Bonchev–Trinajstić information content (AvgIpc) is 3.76. The molecular weight excluding hydrogens is 900 g/mol. The van der Waals surface area contributed by atoms with Gasteiger partial charge in [0.15, 0.2) is 5.60 Å². The third-order valence-electron chi connectivity index (χ3n) is 12.9. The number of halogens is 1. The second-order valence-corrected chi connectivity index (χ2v) is 20.8. The van der Waals surface area contributed by atoms with Crippen LogP contribution < -0.4 is 24.6 Å². The Morgan fingerprint density at radius 3 is 2.49 bits per heavy atom. The number of rotatable bonds is 12. The lowest BCUT2D eigenvalue weighted by atomic mass is 9.72. The first-order valence-corrected chi connectivity index (χ1v) is 24.2. The quantitative estimate of drug-likeness (QED) is 0.0813. The maximum Gasteiger partial charge on any atom is 0.293 e. The highest BCUT2D eigenvalue weighted by molar-refractivity contribution is 7.90. The van der Waals surface area contributed by atoms with Crippen molar-refractivity contribution in [2.75, 3.05) is 74.2 Å². The van der Waals surface area contributed by atoms with Crippen molar-refractivity contribution in [3.8, 4) is 5.88 Å². The van der Waals surface area contributed by atoms with Crippen LogP contribution in [0.1, 0.15) is 62.9 Å². The van der Waals surface area contributed by atoms with Crippen LogP contribution in [0, 0.1) is 15.5 Å².